The average Bonchev–Trinajstić information content (AvgIpc) is 3.06. The van der Waals surface area contributed by atoms with Gasteiger partial charge in [-0.2, -0.15) is 0 Å². The number of fused-ring (bicyclic) bond motifs is 1. The van der Waals surface area contributed by atoms with Crippen molar-refractivity contribution in [2.75, 3.05) is 26.2 Å². The van der Waals surface area contributed by atoms with E-state index in [1.165, 1.54) is 16.9 Å². The van der Waals surface area contributed by atoms with Gasteiger partial charge in [-0.1, -0.05) is 20.8 Å². The van der Waals surface area contributed by atoms with Crippen LogP contribution in [-0.4, -0.2) is 47.8 Å². The smallest absolute Gasteiger partial charge is 0.264 e. The van der Waals surface area contributed by atoms with Crippen LogP contribution in [0, 0.1) is 5.41 Å². The second-order valence-electron chi connectivity index (χ2n) is 7.25. The van der Waals surface area contributed by atoms with Crippen molar-refractivity contribution in [2.24, 2.45) is 5.41 Å². The summed E-state index contributed by atoms with van der Waals surface area (Å²) in [5.74, 6) is 0.317. The highest BCUT2D eigenvalue weighted by atomic mass is 32.1. The number of rotatable bonds is 1. The highest BCUT2D eigenvalue weighted by molar-refractivity contribution is 7.14. The number of hydrogen-bond acceptors (Lipinski definition) is 3. The van der Waals surface area contributed by atoms with Gasteiger partial charge in [-0.3, -0.25) is 9.59 Å². The Morgan fingerprint density at radius 3 is 2.27 bits per heavy atom. The summed E-state index contributed by atoms with van der Waals surface area (Å²) in [5, 5.41) is 0. The first kappa shape index (κ1) is 15.5. The average molecular weight is 320 g/mol. The molecule has 1 aliphatic carbocycles. The summed E-state index contributed by atoms with van der Waals surface area (Å²) in [4.78, 5) is 30.9. The first-order chi connectivity index (χ1) is 10.4. The summed E-state index contributed by atoms with van der Waals surface area (Å²) in [6.07, 6.45) is 3.47. The molecule has 2 heterocycles. The second kappa shape index (κ2) is 5.69. The van der Waals surface area contributed by atoms with Crippen molar-refractivity contribution >= 4 is 23.2 Å². The molecular weight excluding hydrogens is 296 g/mol. The number of hydrogen-bond donors (Lipinski definition) is 0. The lowest BCUT2D eigenvalue weighted by molar-refractivity contribution is -0.140. The molecule has 1 aromatic rings. The van der Waals surface area contributed by atoms with Crippen LogP contribution in [0.3, 0.4) is 0 Å². The fourth-order valence-electron chi connectivity index (χ4n) is 3.18. The lowest BCUT2D eigenvalue weighted by Gasteiger charge is -2.37. The zero-order chi connectivity index (χ0) is 15.9. The maximum Gasteiger partial charge on any atom is 0.264 e. The van der Waals surface area contributed by atoms with E-state index in [-0.39, 0.29) is 17.2 Å². The third-order valence-electron chi connectivity index (χ3n) is 4.45. The molecule has 0 N–H and O–H groups in total. The zero-order valence-electron chi connectivity index (χ0n) is 13.6. The van der Waals surface area contributed by atoms with Gasteiger partial charge < -0.3 is 9.80 Å². The SMILES string of the molecule is CC(C)(C)C(=O)N1CCN(C(=O)c2cc3c(s2)CCC3)CC1. The summed E-state index contributed by atoms with van der Waals surface area (Å²) < 4.78 is 0. The Hall–Kier alpha value is -1.36. The lowest BCUT2D eigenvalue weighted by Crippen LogP contribution is -2.52. The van der Waals surface area contributed by atoms with Gasteiger partial charge in [-0.05, 0) is 30.9 Å². The van der Waals surface area contributed by atoms with Crippen LogP contribution >= 0.6 is 11.3 Å². The van der Waals surface area contributed by atoms with Crippen LogP contribution < -0.4 is 0 Å². The highest BCUT2D eigenvalue weighted by Gasteiger charge is 2.31. The number of aryl methyl sites for hydroxylation is 2. The molecule has 1 aromatic heterocycles. The van der Waals surface area contributed by atoms with E-state index in [9.17, 15) is 9.59 Å². The maximum atomic E-state index is 12.6. The number of nitrogens with zero attached hydrogens (tertiary/aromatic N) is 2. The molecule has 1 saturated heterocycles. The molecule has 4 nitrogen and oxygen atoms in total. The first-order valence-corrected chi connectivity index (χ1v) is 8.88. The Balaban J connectivity index is 1.61. The summed E-state index contributed by atoms with van der Waals surface area (Å²) >= 11 is 1.66. The van der Waals surface area contributed by atoms with E-state index in [4.69, 9.17) is 0 Å². The third-order valence-corrected chi connectivity index (χ3v) is 5.68. The minimum Gasteiger partial charge on any atom is -0.339 e. The first-order valence-electron chi connectivity index (χ1n) is 8.06. The predicted octanol–water partition coefficient (Wildman–Crippen LogP) is 2.57. The summed E-state index contributed by atoms with van der Waals surface area (Å²) in [7, 11) is 0. The molecule has 0 aromatic carbocycles. The van der Waals surface area contributed by atoms with Crippen LogP contribution in [0.2, 0.25) is 0 Å². The molecule has 1 aliphatic heterocycles. The van der Waals surface area contributed by atoms with Crippen molar-refractivity contribution in [3.63, 3.8) is 0 Å². The molecule has 3 rings (SSSR count). The second-order valence-corrected chi connectivity index (χ2v) is 8.38. The van der Waals surface area contributed by atoms with E-state index in [0.29, 0.717) is 26.2 Å². The Kier molecular flexibility index (Phi) is 4.02. The van der Waals surface area contributed by atoms with E-state index >= 15 is 0 Å². The largest absolute Gasteiger partial charge is 0.339 e. The molecule has 5 heteroatoms. The molecule has 2 amide bonds. The molecule has 0 bridgehead atoms. The fraction of sp³-hybridized carbons (Fsp3) is 0.647. The van der Waals surface area contributed by atoms with Crippen LogP contribution in [-0.2, 0) is 17.6 Å². The normalized spacial score (nSPS) is 18.5. The predicted molar refractivity (Wildman–Crippen MR) is 88.3 cm³/mol. The van der Waals surface area contributed by atoms with Gasteiger partial charge in [0.2, 0.25) is 5.91 Å². The van der Waals surface area contributed by atoms with Crippen molar-refractivity contribution in [2.45, 2.75) is 40.0 Å². The third kappa shape index (κ3) is 2.91. The van der Waals surface area contributed by atoms with Crippen molar-refractivity contribution in [1.29, 1.82) is 0 Å². The fourth-order valence-corrected chi connectivity index (χ4v) is 4.40. The van der Waals surface area contributed by atoms with Gasteiger partial charge in [0.15, 0.2) is 0 Å². The van der Waals surface area contributed by atoms with E-state index in [0.717, 1.165) is 17.7 Å². The molecule has 22 heavy (non-hydrogen) atoms. The number of thiophene rings is 1. The lowest BCUT2D eigenvalue weighted by atomic mass is 9.94. The summed E-state index contributed by atoms with van der Waals surface area (Å²) in [6.45, 7) is 8.41. The van der Waals surface area contributed by atoms with E-state index < -0.39 is 0 Å². The van der Waals surface area contributed by atoms with Crippen molar-refractivity contribution in [1.82, 2.24) is 9.80 Å². The van der Waals surface area contributed by atoms with Crippen LogP contribution in [0.15, 0.2) is 6.07 Å². The number of carbonyl (C=O) groups excluding carboxylic acids is 2. The molecule has 0 radical (unpaired) electrons. The van der Waals surface area contributed by atoms with Crippen LogP contribution in [0.4, 0.5) is 0 Å². The topological polar surface area (TPSA) is 40.6 Å². The Bertz CT molecular complexity index is 571. The molecule has 2 aliphatic rings. The maximum absolute atomic E-state index is 12.6. The standard InChI is InChI=1S/C17H24N2O2S/c1-17(2,3)16(21)19-9-7-18(8-10-19)15(20)14-11-12-5-4-6-13(12)22-14/h11H,4-10H2,1-3H3. The monoisotopic (exact) mass is 320 g/mol. The molecule has 1 fully saturated rings. The quantitative estimate of drug-likeness (QED) is 0.798. The molecule has 0 atom stereocenters. The van der Waals surface area contributed by atoms with E-state index in [1.807, 2.05) is 30.6 Å². The molecular formula is C17H24N2O2S. The van der Waals surface area contributed by atoms with Gasteiger partial charge in [0.05, 0.1) is 4.88 Å². The van der Waals surface area contributed by atoms with Crippen LogP contribution in [0.5, 0.6) is 0 Å². The number of piperazine rings is 1. The van der Waals surface area contributed by atoms with Crippen molar-refractivity contribution in [3.8, 4) is 0 Å². The minimum absolute atomic E-state index is 0.141. The van der Waals surface area contributed by atoms with Crippen molar-refractivity contribution in [3.05, 3.63) is 21.4 Å². The number of carbonyl (C=O) groups is 2. The van der Waals surface area contributed by atoms with Gasteiger partial charge in [0.25, 0.3) is 5.91 Å². The Labute approximate surface area is 136 Å². The summed E-state index contributed by atoms with van der Waals surface area (Å²) in [6, 6.07) is 2.09. The van der Waals surface area contributed by atoms with Gasteiger partial charge in [0.1, 0.15) is 0 Å². The van der Waals surface area contributed by atoms with Crippen LogP contribution in [0.25, 0.3) is 0 Å². The van der Waals surface area contributed by atoms with E-state index in [1.54, 1.807) is 11.3 Å². The Morgan fingerprint density at radius 1 is 1.05 bits per heavy atom. The van der Waals surface area contributed by atoms with Gasteiger partial charge >= 0.3 is 0 Å². The van der Waals surface area contributed by atoms with E-state index in [2.05, 4.69) is 6.07 Å². The zero-order valence-corrected chi connectivity index (χ0v) is 14.5. The van der Waals surface area contributed by atoms with Gasteiger partial charge in [0, 0.05) is 36.5 Å². The molecule has 0 spiro atoms. The summed E-state index contributed by atoms with van der Waals surface area (Å²) in [5.41, 5.74) is 1.02. The molecule has 120 valence electrons. The highest BCUT2D eigenvalue weighted by Crippen LogP contribution is 2.31. The Morgan fingerprint density at radius 2 is 1.68 bits per heavy atom. The molecule has 0 saturated carbocycles. The van der Waals surface area contributed by atoms with Crippen LogP contribution in [0.1, 0.15) is 47.3 Å². The minimum atomic E-state index is -0.346. The van der Waals surface area contributed by atoms with Gasteiger partial charge in [-0.15, -0.1) is 11.3 Å². The van der Waals surface area contributed by atoms with Gasteiger partial charge in [-0.25, -0.2) is 0 Å². The molecule has 0 unspecified atom stereocenters. The number of amides is 2. The van der Waals surface area contributed by atoms with Crippen molar-refractivity contribution < 1.29 is 9.59 Å².